The summed E-state index contributed by atoms with van der Waals surface area (Å²) < 4.78 is 27.9. The van der Waals surface area contributed by atoms with Crippen LogP contribution in [0.4, 0.5) is 11.4 Å². The van der Waals surface area contributed by atoms with Gasteiger partial charge in [-0.05, 0) is 18.2 Å². The smallest absolute Gasteiger partial charge is 0.240 e. The number of nitrogens with two attached hydrogens (primary N) is 2. The van der Waals surface area contributed by atoms with Gasteiger partial charge in [-0.25, -0.2) is 13.6 Å². The van der Waals surface area contributed by atoms with Crippen LogP contribution in [0.15, 0.2) is 23.1 Å². The minimum absolute atomic E-state index is 0.0543. The number of aliphatic hydroxyl groups is 1. The Hall–Kier alpha value is -1.35. The third-order valence-corrected chi connectivity index (χ3v) is 3.99. The molecule has 1 unspecified atom stereocenters. The molecule has 8 heteroatoms. The van der Waals surface area contributed by atoms with Gasteiger partial charge in [-0.15, -0.1) is 0 Å². The maximum absolute atomic E-state index is 11.3. The second-order valence-electron chi connectivity index (χ2n) is 4.39. The Kier molecular flexibility index (Phi) is 3.95. The van der Waals surface area contributed by atoms with E-state index in [0.717, 1.165) is 5.69 Å². The molecule has 1 atom stereocenters. The van der Waals surface area contributed by atoms with Crippen molar-refractivity contribution in [2.24, 2.45) is 5.14 Å². The van der Waals surface area contributed by atoms with Gasteiger partial charge in [0.05, 0.1) is 25.0 Å². The summed E-state index contributed by atoms with van der Waals surface area (Å²) in [5.41, 5.74) is 6.62. The number of sulfonamides is 1. The van der Waals surface area contributed by atoms with Crippen molar-refractivity contribution < 1.29 is 18.3 Å². The second-order valence-corrected chi connectivity index (χ2v) is 5.92. The summed E-state index contributed by atoms with van der Waals surface area (Å²) >= 11 is 0. The number of rotatable bonds is 3. The van der Waals surface area contributed by atoms with E-state index in [1.54, 1.807) is 12.1 Å². The van der Waals surface area contributed by atoms with Crippen molar-refractivity contribution in [3.05, 3.63) is 18.2 Å². The van der Waals surface area contributed by atoms with Crippen molar-refractivity contribution in [3.63, 3.8) is 0 Å². The first-order valence-corrected chi connectivity index (χ1v) is 7.36. The number of morpholine rings is 1. The largest absolute Gasteiger partial charge is 0.398 e. The Labute approximate surface area is 111 Å². The van der Waals surface area contributed by atoms with Gasteiger partial charge in [0.1, 0.15) is 4.90 Å². The molecule has 0 aromatic heterocycles. The van der Waals surface area contributed by atoms with Crippen LogP contribution >= 0.6 is 0 Å². The number of nitrogen functional groups attached to an aromatic ring is 1. The molecule has 106 valence electrons. The van der Waals surface area contributed by atoms with Crippen LogP contribution < -0.4 is 15.8 Å². The van der Waals surface area contributed by atoms with E-state index in [0.29, 0.717) is 19.7 Å². The van der Waals surface area contributed by atoms with E-state index in [1.165, 1.54) is 6.07 Å². The fourth-order valence-corrected chi connectivity index (χ4v) is 2.70. The van der Waals surface area contributed by atoms with Gasteiger partial charge in [0, 0.05) is 18.8 Å². The van der Waals surface area contributed by atoms with Gasteiger partial charge in [0.2, 0.25) is 10.0 Å². The van der Waals surface area contributed by atoms with Crippen molar-refractivity contribution >= 4 is 21.4 Å². The lowest BCUT2D eigenvalue weighted by molar-refractivity contribution is 0.00357. The van der Waals surface area contributed by atoms with Crippen LogP contribution in [-0.4, -0.2) is 45.9 Å². The predicted octanol–water partition coefficient (Wildman–Crippen LogP) is -0.886. The molecule has 1 fully saturated rings. The van der Waals surface area contributed by atoms with Crippen molar-refractivity contribution in [2.45, 2.75) is 11.0 Å². The van der Waals surface area contributed by atoms with Gasteiger partial charge in [0.15, 0.2) is 0 Å². The normalized spacial score (nSPS) is 20.5. The molecule has 0 spiro atoms. The number of benzene rings is 1. The van der Waals surface area contributed by atoms with Crippen LogP contribution in [0.1, 0.15) is 0 Å². The molecule has 1 aliphatic rings. The molecule has 1 aliphatic heterocycles. The quantitative estimate of drug-likeness (QED) is 0.621. The Morgan fingerprint density at radius 3 is 2.79 bits per heavy atom. The summed E-state index contributed by atoms with van der Waals surface area (Å²) in [5.74, 6) is 0. The highest BCUT2D eigenvalue weighted by atomic mass is 32.2. The molecule has 2 rings (SSSR count). The zero-order valence-corrected chi connectivity index (χ0v) is 11.1. The van der Waals surface area contributed by atoms with E-state index in [1.807, 2.05) is 4.90 Å². The molecule has 1 heterocycles. The predicted molar refractivity (Wildman–Crippen MR) is 71.3 cm³/mol. The molecule has 1 aromatic carbocycles. The van der Waals surface area contributed by atoms with E-state index in [-0.39, 0.29) is 23.3 Å². The maximum atomic E-state index is 11.3. The van der Waals surface area contributed by atoms with Crippen LogP contribution in [-0.2, 0) is 14.8 Å². The Balaban J connectivity index is 2.25. The van der Waals surface area contributed by atoms with Crippen molar-refractivity contribution in [2.75, 3.05) is 36.9 Å². The van der Waals surface area contributed by atoms with E-state index in [4.69, 9.17) is 20.7 Å². The standard InChI is InChI=1S/C11H17N3O4S/c12-10-5-8(1-2-11(10)19(13,16)17)14-3-4-18-9(6-14)7-15/h1-2,5,9,15H,3-4,6-7,12H2,(H2,13,16,17). The first-order valence-electron chi connectivity index (χ1n) is 5.81. The van der Waals surface area contributed by atoms with E-state index in [2.05, 4.69) is 0 Å². The fourth-order valence-electron chi connectivity index (χ4n) is 2.06. The first kappa shape index (κ1) is 14.1. The first-order chi connectivity index (χ1) is 8.91. The summed E-state index contributed by atoms with van der Waals surface area (Å²) in [7, 11) is -3.80. The number of hydrogen-bond acceptors (Lipinski definition) is 6. The summed E-state index contributed by atoms with van der Waals surface area (Å²) in [4.78, 5) is 1.90. The minimum atomic E-state index is -3.80. The number of aliphatic hydroxyl groups excluding tert-OH is 1. The highest BCUT2D eigenvalue weighted by molar-refractivity contribution is 7.89. The monoisotopic (exact) mass is 287 g/mol. The topological polar surface area (TPSA) is 119 Å². The Morgan fingerprint density at radius 2 is 2.21 bits per heavy atom. The van der Waals surface area contributed by atoms with Gasteiger partial charge in [-0.2, -0.15) is 0 Å². The summed E-state index contributed by atoms with van der Waals surface area (Å²) in [6.45, 7) is 1.64. The van der Waals surface area contributed by atoms with Gasteiger partial charge in [-0.1, -0.05) is 0 Å². The van der Waals surface area contributed by atoms with E-state index >= 15 is 0 Å². The SMILES string of the molecule is Nc1cc(N2CCOC(CO)C2)ccc1S(N)(=O)=O. The molecule has 0 aliphatic carbocycles. The number of nitrogens with zero attached hydrogens (tertiary/aromatic N) is 1. The molecule has 7 nitrogen and oxygen atoms in total. The third-order valence-electron chi connectivity index (χ3n) is 3.01. The average Bonchev–Trinajstić information content (AvgIpc) is 2.37. The number of hydrogen-bond donors (Lipinski definition) is 3. The lowest BCUT2D eigenvalue weighted by atomic mass is 10.2. The molecular weight excluding hydrogens is 270 g/mol. The second kappa shape index (κ2) is 5.33. The Morgan fingerprint density at radius 1 is 1.47 bits per heavy atom. The number of anilines is 2. The maximum Gasteiger partial charge on any atom is 0.240 e. The highest BCUT2D eigenvalue weighted by Gasteiger charge is 2.21. The minimum Gasteiger partial charge on any atom is -0.398 e. The zero-order chi connectivity index (χ0) is 14.0. The molecule has 0 bridgehead atoms. The van der Waals surface area contributed by atoms with E-state index < -0.39 is 10.0 Å². The summed E-state index contributed by atoms with van der Waals surface area (Å²) in [6.07, 6.45) is -0.243. The average molecular weight is 287 g/mol. The molecular formula is C11H17N3O4S. The van der Waals surface area contributed by atoms with Crippen LogP contribution in [0.25, 0.3) is 0 Å². The Bertz CT molecular complexity index is 561. The third kappa shape index (κ3) is 3.16. The molecule has 19 heavy (non-hydrogen) atoms. The van der Waals surface area contributed by atoms with Gasteiger partial charge in [-0.3, -0.25) is 0 Å². The summed E-state index contributed by atoms with van der Waals surface area (Å²) in [5, 5.41) is 14.1. The molecule has 0 radical (unpaired) electrons. The molecule has 5 N–H and O–H groups in total. The van der Waals surface area contributed by atoms with Crippen molar-refractivity contribution in [3.8, 4) is 0 Å². The lowest BCUT2D eigenvalue weighted by Crippen LogP contribution is -2.44. The highest BCUT2D eigenvalue weighted by Crippen LogP contribution is 2.25. The molecule has 1 aromatic rings. The van der Waals surface area contributed by atoms with Crippen LogP contribution in [0.5, 0.6) is 0 Å². The fraction of sp³-hybridized carbons (Fsp3) is 0.455. The number of primary sulfonamides is 1. The van der Waals surface area contributed by atoms with E-state index in [9.17, 15) is 8.42 Å². The van der Waals surface area contributed by atoms with Crippen LogP contribution in [0.3, 0.4) is 0 Å². The summed E-state index contributed by atoms with van der Waals surface area (Å²) in [6, 6.07) is 4.61. The zero-order valence-electron chi connectivity index (χ0n) is 10.3. The van der Waals surface area contributed by atoms with Gasteiger partial charge >= 0.3 is 0 Å². The van der Waals surface area contributed by atoms with Crippen molar-refractivity contribution in [1.29, 1.82) is 0 Å². The van der Waals surface area contributed by atoms with Crippen molar-refractivity contribution in [1.82, 2.24) is 0 Å². The van der Waals surface area contributed by atoms with Gasteiger partial charge in [0.25, 0.3) is 0 Å². The van der Waals surface area contributed by atoms with Crippen LogP contribution in [0, 0.1) is 0 Å². The van der Waals surface area contributed by atoms with Gasteiger partial charge < -0.3 is 20.5 Å². The number of ether oxygens (including phenoxy) is 1. The molecule has 1 saturated heterocycles. The molecule has 0 amide bonds. The van der Waals surface area contributed by atoms with Crippen LogP contribution in [0.2, 0.25) is 0 Å². The molecule has 0 saturated carbocycles. The lowest BCUT2D eigenvalue weighted by Gasteiger charge is -2.33.